The number of hydrogen-bond donors (Lipinski definition) is 2. The quantitative estimate of drug-likeness (QED) is 0.855. The third kappa shape index (κ3) is 2.87. The molecule has 4 atom stereocenters. The summed E-state index contributed by atoms with van der Waals surface area (Å²) in [6, 6.07) is 5.46. The molecule has 1 aromatic carbocycles. The van der Waals surface area contributed by atoms with E-state index in [4.69, 9.17) is 15.2 Å². The number of fused-ring (bicyclic) bond motifs is 4. The molecular formula is C19H26N2O4. The molecule has 3 N–H and O–H groups in total. The van der Waals surface area contributed by atoms with Crippen molar-refractivity contribution in [1.29, 1.82) is 0 Å². The number of ether oxygens (including phenoxy) is 2. The zero-order chi connectivity index (χ0) is 17.8. The Bertz CT molecular complexity index is 690. The molecule has 25 heavy (non-hydrogen) atoms. The van der Waals surface area contributed by atoms with Crippen LogP contribution in [0.3, 0.4) is 0 Å². The number of carbonyl (C=O) groups is 1. The van der Waals surface area contributed by atoms with Crippen molar-refractivity contribution in [2.75, 3.05) is 13.1 Å². The van der Waals surface area contributed by atoms with Crippen LogP contribution in [0.5, 0.6) is 11.5 Å². The van der Waals surface area contributed by atoms with Crippen LogP contribution in [0.1, 0.15) is 44.8 Å². The zero-order valence-electron chi connectivity index (χ0n) is 14.8. The first-order chi connectivity index (χ1) is 11.8. The number of rotatable bonds is 2. The number of primary amides is 1. The molecule has 3 heterocycles. The molecule has 1 aromatic rings. The molecule has 0 radical (unpaired) electrons. The smallest absolute Gasteiger partial charge is 0.231 e. The van der Waals surface area contributed by atoms with Crippen molar-refractivity contribution in [3.8, 4) is 11.5 Å². The van der Waals surface area contributed by atoms with Gasteiger partial charge in [-0.1, -0.05) is 0 Å². The van der Waals surface area contributed by atoms with E-state index >= 15 is 0 Å². The topological polar surface area (TPSA) is 85.0 Å². The van der Waals surface area contributed by atoms with Crippen molar-refractivity contribution in [2.45, 2.75) is 57.0 Å². The van der Waals surface area contributed by atoms with Crippen LogP contribution < -0.4 is 10.5 Å². The van der Waals surface area contributed by atoms with Crippen molar-refractivity contribution >= 4 is 5.91 Å². The second kappa shape index (κ2) is 5.88. The molecule has 2 saturated heterocycles. The fourth-order valence-corrected chi connectivity index (χ4v) is 4.76. The van der Waals surface area contributed by atoms with E-state index in [1.807, 2.05) is 6.07 Å². The predicted octanol–water partition coefficient (Wildman–Crippen LogP) is 1.96. The summed E-state index contributed by atoms with van der Waals surface area (Å²) in [7, 11) is 0. The van der Waals surface area contributed by atoms with E-state index in [-0.39, 0.29) is 42.4 Å². The third-order valence-electron chi connectivity index (χ3n) is 5.94. The SMILES string of the molecule is CC1(C)Oc2cc(O)ccc2[C@@H]2O[C@@H]3CCCN(CC(N)=O)[C@@H]3C[C@H]21. The first-order valence-electron chi connectivity index (χ1n) is 9.05. The Morgan fingerprint density at radius 3 is 3.00 bits per heavy atom. The molecule has 6 nitrogen and oxygen atoms in total. The average molecular weight is 346 g/mol. The van der Waals surface area contributed by atoms with Crippen LogP contribution in [0.2, 0.25) is 0 Å². The monoisotopic (exact) mass is 346 g/mol. The van der Waals surface area contributed by atoms with Crippen LogP contribution in [0.25, 0.3) is 0 Å². The summed E-state index contributed by atoms with van der Waals surface area (Å²) in [5.74, 6) is 0.795. The number of aromatic hydroxyl groups is 1. The second-order valence-corrected chi connectivity index (χ2v) is 8.01. The number of benzene rings is 1. The molecule has 0 spiro atoms. The fraction of sp³-hybridized carbons (Fsp3) is 0.632. The number of likely N-dealkylation sites (tertiary alicyclic amines) is 1. The number of piperidine rings is 1. The molecule has 1 amide bonds. The van der Waals surface area contributed by atoms with Gasteiger partial charge in [-0.2, -0.15) is 0 Å². The lowest BCUT2D eigenvalue weighted by Gasteiger charge is -2.54. The first kappa shape index (κ1) is 16.7. The van der Waals surface area contributed by atoms with E-state index in [1.54, 1.807) is 12.1 Å². The van der Waals surface area contributed by atoms with Gasteiger partial charge in [0, 0.05) is 23.6 Å². The molecular weight excluding hydrogens is 320 g/mol. The van der Waals surface area contributed by atoms with Crippen molar-refractivity contribution in [3.05, 3.63) is 23.8 Å². The Kier molecular flexibility index (Phi) is 3.92. The van der Waals surface area contributed by atoms with Gasteiger partial charge in [0.1, 0.15) is 17.1 Å². The van der Waals surface area contributed by atoms with Gasteiger partial charge in [0.05, 0.1) is 18.8 Å². The largest absolute Gasteiger partial charge is 0.508 e. The van der Waals surface area contributed by atoms with E-state index in [9.17, 15) is 9.90 Å². The number of phenolic OH excluding ortho intramolecular Hbond substituents is 1. The summed E-state index contributed by atoms with van der Waals surface area (Å²) >= 11 is 0. The fourth-order valence-electron chi connectivity index (χ4n) is 4.76. The van der Waals surface area contributed by atoms with Crippen LogP contribution in [0, 0.1) is 5.92 Å². The Labute approximate surface area is 147 Å². The van der Waals surface area contributed by atoms with E-state index in [2.05, 4.69) is 18.7 Å². The standard InChI is InChI=1S/C19H26N2O4/c1-19(2)13-9-14-15(4-3-7-21(14)10-17(20)23)24-18(13)12-6-5-11(22)8-16(12)25-19/h5-6,8,13-15,18,22H,3-4,7,9-10H2,1-2H3,(H2,20,23)/t13-,14-,15-,18+/m1/s1. The van der Waals surface area contributed by atoms with Crippen LogP contribution in [-0.2, 0) is 9.53 Å². The first-order valence-corrected chi connectivity index (χ1v) is 9.05. The number of carbonyl (C=O) groups excluding carboxylic acids is 1. The van der Waals surface area contributed by atoms with Gasteiger partial charge >= 0.3 is 0 Å². The number of nitrogens with zero attached hydrogens (tertiary/aromatic N) is 1. The summed E-state index contributed by atoms with van der Waals surface area (Å²) in [5.41, 5.74) is 6.03. The highest BCUT2D eigenvalue weighted by Gasteiger charge is 2.52. The van der Waals surface area contributed by atoms with Gasteiger partial charge in [0.2, 0.25) is 5.91 Å². The summed E-state index contributed by atoms with van der Waals surface area (Å²) in [6.45, 7) is 5.31. The summed E-state index contributed by atoms with van der Waals surface area (Å²) in [4.78, 5) is 13.6. The minimum atomic E-state index is -0.410. The normalized spacial score (nSPS) is 33.5. The molecule has 6 heteroatoms. The lowest BCUT2D eigenvalue weighted by molar-refractivity contribution is -0.189. The highest BCUT2D eigenvalue weighted by Crippen LogP contribution is 2.52. The molecule has 2 fully saturated rings. The van der Waals surface area contributed by atoms with Crippen LogP contribution in [0.4, 0.5) is 0 Å². The predicted molar refractivity (Wildman–Crippen MR) is 92.3 cm³/mol. The number of phenols is 1. The molecule has 3 aliphatic heterocycles. The molecule has 0 aliphatic carbocycles. The Morgan fingerprint density at radius 2 is 2.24 bits per heavy atom. The van der Waals surface area contributed by atoms with Crippen molar-refractivity contribution < 1.29 is 19.4 Å². The zero-order valence-corrected chi connectivity index (χ0v) is 14.8. The van der Waals surface area contributed by atoms with Crippen molar-refractivity contribution in [2.24, 2.45) is 11.7 Å². The van der Waals surface area contributed by atoms with E-state index in [0.717, 1.165) is 31.4 Å². The van der Waals surface area contributed by atoms with Crippen molar-refractivity contribution in [3.63, 3.8) is 0 Å². The average Bonchev–Trinajstić information content (AvgIpc) is 2.52. The molecule has 0 aromatic heterocycles. The highest BCUT2D eigenvalue weighted by molar-refractivity contribution is 5.76. The van der Waals surface area contributed by atoms with Gasteiger partial charge in [0.15, 0.2) is 0 Å². The van der Waals surface area contributed by atoms with Gasteiger partial charge in [0.25, 0.3) is 0 Å². The van der Waals surface area contributed by atoms with Crippen LogP contribution in [-0.4, -0.2) is 46.7 Å². The van der Waals surface area contributed by atoms with E-state index < -0.39 is 5.60 Å². The van der Waals surface area contributed by atoms with Gasteiger partial charge in [-0.3, -0.25) is 9.69 Å². The lowest BCUT2D eigenvalue weighted by atomic mass is 9.72. The van der Waals surface area contributed by atoms with Gasteiger partial charge in [-0.15, -0.1) is 0 Å². The number of amides is 1. The molecule has 0 saturated carbocycles. The number of nitrogens with two attached hydrogens (primary N) is 1. The Balaban J connectivity index is 1.67. The van der Waals surface area contributed by atoms with Crippen molar-refractivity contribution in [1.82, 2.24) is 4.90 Å². The summed E-state index contributed by atoms with van der Waals surface area (Å²) < 4.78 is 12.8. The molecule has 4 rings (SSSR count). The lowest BCUT2D eigenvalue weighted by Crippen LogP contribution is -2.59. The molecule has 136 valence electrons. The minimum absolute atomic E-state index is 0.0471. The Morgan fingerprint density at radius 1 is 1.44 bits per heavy atom. The minimum Gasteiger partial charge on any atom is -0.508 e. The summed E-state index contributed by atoms with van der Waals surface area (Å²) in [6.07, 6.45) is 2.97. The maximum atomic E-state index is 11.4. The Hall–Kier alpha value is -1.79. The van der Waals surface area contributed by atoms with Gasteiger partial charge in [-0.25, -0.2) is 0 Å². The van der Waals surface area contributed by atoms with Gasteiger partial charge in [-0.05, 0) is 51.8 Å². The second-order valence-electron chi connectivity index (χ2n) is 8.01. The van der Waals surface area contributed by atoms with E-state index in [1.165, 1.54) is 0 Å². The summed E-state index contributed by atoms with van der Waals surface area (Å²) in [5, 5.41) is 9.79. The van der Waals surface area contributed by atoms with Crippen LogP contribution in [0.15, 0.2) is 18.2 Å². The maximum Gasteiger partial charge on any atom is 0.231 e. The highest BCUT2D eigenvalue weighted by atomic mass is 16.5. The molecule has 0 bridgehead atoms. The molecule has 0 unspecified atom stereocenters. The maximum absolute atomic E-state index is 11.4. The molecule has 3 aliphatic rings. The van der Waals surface area contributed by atoms with Gasteiger partial charge < -0.3 is 20.3 Å². The number of hydrogen-bond acceptors (Lipinski definition) is 5. The van der Waals surface area contributed by atoms with E-state index in [0.29, 0.717) is 5.75 Å². The third-order valence-corrected chi connectivity index (χ3v) is 5.94. The van der Waals surface area contributed by atoms with Crippen LogP contribution >= 0.6 is 0 Å².